The maximum absolute atomic E-state index is 8.84. The molecule has 3 rings (SSSR count). The molecule has 0 spiro atoms. The number of nitrogens with zero attached hydrogens (tertiary/aromatic N) is 2. The molecule has 1 aromatic heterocycles. The van der Waals surface area contributed by atoms with Crippen LogP contribution in [0.2, 0.25) is 0 Å². The Kier molecular flexibility index (Phi) is 4.55. The van der Waals surface area contributed by atoms with Crippen molar-refractivity contribution in [2.45, 2.75) is 12.8 Å². The topological polar surface area (TPSA) is 26.7 Å². The van der Waals surface area contributed by atoms with Crippen molar-refractivity contribution >= 4 is 27.1 Å². The van der Waals surface area contributed by atoms with Crippen LogP contribution in [-0.2, 0) is 0 Å². The number of piperazine rings is 1. The van der Waals surface area contributed by atoms with Crippen LogP contribution in [0.1, 0.15) is 12.8 Å². The van der Waals surface area contributed by atoms with Gasteiger partial charge in [-0.05, 0) is 43.0 Å². The Hall–Kier alpha value is -1.10. The van der Waals surface area contributed by atoms with E-state index in [1.165, 1.54) is 15.8 Å². The van der Waals surface area contributed by atoms with Gasteiger partial charge in [-0.2, -0.15) is 0 Å². The van der Waals surface area contributed by atoms with Crippen LogP contribution in [-0.4, -0.2) is 49.3 Å². The van der Waals surface area contributed by atoms with E-state index in [2.05, 4.69) is 39.4 Å². The van der Waals surface area contributed by atoms with Gasteiger partial charge in [-0.15, -0.1) is 11.3 Å². The SMILES string of the molecule is OCCCCN1CCN(c2cccc3sccc23)CC1. The fourth-order valence-electron chi connectivity index (χ4n) is 2.91. The molecule has 0 amide bonds. The summed E-state index contributed by atoms with van der Waals surface area (Å²) in [4.78, 5) is 5.03. The van der Waals surface area contributed by atoms with Crippen molar-refractivity contribution in [1.29, 1.82) is 0 Å². The maximum Gasteiger partial charge on any atom is 0.0455 e. The van der Waals surface area contributed by atoms with Crippen LogP contribution in [0.5, 0.6) is 0 Å². The third-order valence-corrected chi connectivity index (χ3v) is 4.95. The third kappa shape index (κ3) is 2.97. The summed E-state index contributed by atoms with van der Waals surface area (Å²) in [7, 11) is 0. The van der Waals surface area contributed by atoms with Crippen molar-refractivity contribution < 1.29 is 5.11 Å². The number of fused-ring (bicyclic) bond motifs is 1. The van der Waals surface area contributed by atoms with Gasteiger partial charge in [0, 0.05) is 48.6 Å². The van der Waals surface area contributed by atoms with Gasteiger partial charge in [-0.3, -0.25) is 4.90 Å². The lowest BCUT2D eigenvalue weighted by atomic mass is 10.2. The van der Waals surface area contributed by atoms with Gasteiger partial charge < -0.3 is 10.0 Å². The van der Waals surface area contributed by atoms with E-state index in [1.807, 2.05) is 11.3 Å². The molecule has 1 aliphatic rings. The van der Waals surface area contributed by atoms with Crippen molar-refractivity contribution in [3.05, 3.63) is 29.6 Å². The molecule has 2 aromatic rings. The fourth-order valence-corrected chi connectivity index (χ4v) is 3.72. The second-order valence-corrected chi connectivity index (χ2v) is 6.32. The van der Waals surface area contributed by atoms with Crippen LogP contribution in [0, 0.1) is 0 Å². The quantitative estimate of drug-likeness (QED) is 0.858. The molecule has 1 fully saturated rings. The Morgan fingerprint density at radius 3 is 2.70 bits per heavy atom. The molecule has 2 heterocycles. The van der Waals surface area contributed by atoms with E-state index < -0.39 is 0 Å². The number of unbranched alkanes of at least 4 members (excludes halogenated alkanes) is 1. The zero-order valence-corrected chi connectivity index (χ0v) is 12.6. The first-order chi connectivity index (χ1) is 9.88. The van der Waals surface area contributed by atoms with Gasteiger partial charge in [0.05, 0.1) is 0 Å². The standard InChI is InChI=1S/C16H22N2OS/c19-12-2-1-7-17-8-10-18(11-9-17)15-4-3-5-16-14(15)6-13-20-16/h3-6,13,19H,1-2,7-12H2. The summed E-state index contributed by atoms with van der Waals surface area (Å²) in [6.45, 7) is 5.91. The summed E-state index contributed by atoms with van der Waals surface area (Å²) in [5.41, 5.74) is 1.39. The van der Waals surface area contributed by atoms with Gasteiger partial charge in [0.1, 0.15) is 0 Å². The monoisotopic (exact) mass is 290 g/mol. The number of aliphatic hydroxyl groups excluding tert-OH is 1. The van der Waals surface area contributed by atoms with Crippen molar-refractivity contribution in [1.82, 2.24) is 4.90 Å². The summed E-state index contributed by atoms with van der Waals surface area (Å²) < 4.78 is 1.38. The average Bonchev–Trinajstić information content (AvgIpc) is 2.97. The van der Waals surface area contributed by atoms with E-state index in [0.29, 0.717) is 6.61 Å². The number of hydrogen-bond donors (Lipinski definition) is 1. The highest BCUT2D eigenvalue weighted by Gasteiger charge is 2.18. The van der Waals surface area contributed by atoms with Crippen molar-refractivity contribution in [2.75, 3.05) is 44.2 Å². The average molecular weight is 290 g/mol. The Balaban J connectivity index is 1.62. The first-order valence-corrected chi connectivity index (χ1v) is 8.31. The highest BCUT2D eigenvalue weighted by molar-refractivity contribution is 7.17. The lowest BCUT2D eigenvalue weighted by molar-refractivity contribution is 0.232. The molecule has 1 aromatic carbocycles. The Labute approximate surface area is 124 Å². The minimum atomic E-state index is 0.320. The minimum Gasteiger partial charge on any atom is -0.396 e. The highest BCUT2D eigenvalue weighted by atomic mass is 32.1. The normalized spacial score (nSPS) is 16.9. The molecular weight excluding hydrogens is 268 g/mol. The van der Waals surface area contributed by atoms with Gasteiger partial charge in [0.15, 0.2) is 0 Å². The number of anilines is 1. The highest BCUT2D eigenvalue weighted by Crippen LogP contribution is 2.31. The molecule has 108 valence electrons. The van der Waals surface area contributed by atoms with Crippen molar-refractivity contribution in [3.8, 4) is 0 Å². The van der Waals surface area contributed by atoms with E-state index in [0.717, 1.165) is 45.6 Å². The summed E-state index contributed by atoms with van der Waals surface area (Å²) in [5.74, 6) is 0. The summed E-state index contributed by atoms with van der Waals surface area (Å²) >= 11 is 1.82. The largest absolute Gasteiger partial charge is 0.396 e. The summed E-state index contributed by atoms with van der Waals surface area (Å²) in [6.07, 6.45) is 2.03. The van der Waals surface area contributed by atoms with Crippen molar-refractivity contribution in [3.63, 3.8) is 0 Å². The molecule has 0 unspecified atom stereocenters. The van der Waals surface area contributed by atoms with Crippen LogP contribution in [0.4, 0.5) is 5.69 Å². The van der Waals surface area contributed by atoms with Crippen LogP contribution in [0.3, 0.4) is 0 Å². The second kappa shape index (κ2) is 6.57. The molecule has 0 atom stereocenters. The molecular formula is C16H22N2OS. The summed E-state index contributed by atoms with van der Waals surface area (Å²) in [6, 6.07) is 8.86. The first-order valence-electron chi connectivity index (χ1n) is 7.43. The van der Waals surface area contributed by atoms with E-state index in [9.17, 15) is 0 Å². The zero-order chi connectivity index (χ0) is 13.8. The van der Waals surface area contributed by atoms with Gasteiger partial charge in [0.2, 0.25) is 0 Å². The molecule has 0 bridgehead atoms. The lowest BCUT2D eigenvalue weighted by Crippen LogP contribution is -2.46. The smallest absolute Gasteiger partial charge is 0.0455 e. The molecule has 0 saturated carbocycles. The van der Waals surface area contributed by atoms with E-state index in [1.54, 1.807) is 0 Å². The van der Waals surface area contributed by atoms with Crippen LogP contribution >= 0.6 is 11.3 Å². The van der Waals surface area contributed by atoms with E-state index >= 15 is 0 Å². The van der Waals surface area contributed by atoms with Gasteiger partial charge in [-0.1, -0.05) is 6.07 Å². The van der Waals surface area contributed by atoms with Gasteiger partial charge >= 0.3 is 0 Å². The van der Waals surface area contributed by atoms with Gasteiger partial charge in [-0.25, -0.2) is 0 Å². The van der Waals surface area contributed by atoms with Crippen LogP contribution in [0.15, 0.2) is 29.6 Å². The molecule has 3 nitrogen and oxygen atoms in total. The first kappa shape index (κ1) is 13.9. The minimum absolute atomic E-state index is 0.320. The second-order valence-electron chi connectivity index (χ2n) is 5.37. The number of aliphatic hydroxyl groups is 1. The number of benzene rings is 1. The fraction of sp³-hybridized carbons (Fsp3) is 0.500. The maximum atomic E-state index is 8.84. The van der Waals surface area contributed by atoms with Crippen LogP contribution < -0.4 is 4.90 Å². The zero-order valence-electron chi connectivity index (χ0n) is 11.8. The molecule has 1 aliphatic heterocycles. The molecule has 1 N–H and O–H groups in total. The predicted molar refractivity (Wildman–Crippen MR) is 86.8 cm³/mol. The third-order valence-electron chi connectivity index (χ3n) is 4.07. The van der Waals surface area contributed by atoms with E-state index in [4.69, 9.17) is 5.11 Å². The molecule has 20 heavy (non-hydrogen) atoms. The lowest BCUT2D eigenvalue weighted by Gasteiger charge is -2.36. The van der Waals surface area contributed by atoms with Crippen LogP contribution in [0.25, 0.3) is 10.1 Å². The number of rotatable bonds is 5. The Morgan fingerprint density at radius 1 is 1.05 bits per heavy atom. The molecule has 4 heteroatoms. The van der Waals surface area contributed by atoms with Gasteiger partial charge in [0.25, 0.3) is 0 Å². The Bertz CT molecular complexity index is 546. The Morgan fingerprint density at radius 2 is 1.90 bits per heavy atom. The molecule has 1 saturated heterocycles. The predicted octanol–water partition coefficient (Wildman–Crippen LogP) is 2.80. The number of thiophene rings is 1. The molecule has 0 radical (unpaired) electrons. The summed E-state index contributed by atoms with van der Waals surface area (Å²) in [5, 5.41) is 12.4. The van der Waals surface area contributed by atoms with Crippen molar-refractivity contribution in [2.24, 2.45) is 0 Å². The molecule has 0 aliphatic carbocycles. The van der Waals surface area contributed by atoms with E-state index in [-0.39, 0.29) is 0 Å². The number of hydrogen-bond acceptors (Lipinski definition) is 4.